The first kappa shape index (κ1) is 22.5. The van der Waals surface area contributed by atoms with Crippen LogP contribution in [0, 0.1) is 6.92 Å². The summed E-state index contributed by atoms with van der Waals surface area (Å²) in [6.07, 6.45) is -0.327. The van der Waals surface area contributed by atoms with E-state index < -0.39 is 16.0 Å². The van der Waals surface area contributed by atoms with E-state index in [1.54, 1.807) is 6.07 Å². The molecular weight excluding hydrogens is 402 g/mol. The first-order valence-corrected chi connectivity index (χ1v) is 11.6. The Kier molecular flexibility index (Phi) is 6.65. The predicted octanol–water partition coefficient (Wildman–Crippen LogP) is 4.14. The normalized spacial score (nSPS) is 20.3. The molecule has 162 valence electrons. The second-order valence-corrected chi connectivity index (χ2v) is 10.1. The first-order chi connectivity index (χ1) is 14.1. The molecule has 0 amide bonds. The highest BCUT2D eigenvalue weighted by molar-refractivity contribution is 7.89. The van der Waals surface area contributed by atoms with Crippen LogP contribution in [-0.4, -0.2) is 44.0 Å². The lowest BCUT2D eigenvalue weighted by atomic mass is 9.98. The van der Waals surface area contributed by atoms with Crippen LogP contribution in [0.3, 0.4) is 0 Å². The van der Waals surface area contributed by atoms with Gasteiger partial charge in [-0.15, -0.1) is 0 Å². The van der Waals surface area contributed by atoms with Gasteiger partial charge in [0.15, 0.2) is 0 Å². The summed E-state index contributed by atoms with van der Waals surface area (Å²) in [6, 6.07) is 11.4. The quantitative estimate of drug-likeness (QED) is 0.526. The molecule has 2 aromatic carbocycles. The molecule has 3 rings (SSSR count). The highest BCUT2D eigenvalue weighted by Gasteiger charge is 2.32. The highest BCUT2D eigenvalue weighted by Crippen LogP contribution is 2.25. The average Bonchev–Trinajstić information content (AvgIpc) is 2.67. The van der Waals surface area contributed by atoms with Gasteiger partial charge in [-0.05, 0) is 74.2 Å². The van der Waals surface area contributed by atoms with Crippen molar-refractivity contribution in [2.45, 2.75) is 57.6 Å². The smallest absolute Gasteiger partial charge is 0.343 e. The van der Waals surface area contributed by atoms with Crippen molar-refractivity contribution in [2.75, 3.05) is 13.1 Å². The molecule has 0 unspecified atom stereocenters. The van der Waals surface area contributed by atoms with Crippen LogP contribution in [0.25, 0.3) is 0 Å². The first-order valence-electron chi connectivity index (χ1n) is 10.2. The minimum atomic E-state index is -3.65. The SMILES string of the molecule is Cc1cc(OC(=O)c2ccc(S(=O)(=O)N3C[C@@H](C)O[C@H](C)C3)cc2)ccc1C(C)C. The van der Waals surface area contributed by atoms with E-state index in [4.69, 9.17) is 9.47 Å². The maximum absolute atomic E-state index is 12.9. The minimum absolute atomic E-state index is 0.150. The Bertz CT molecular complexity index is 1000. The highest BCUT2D eigenvalue weighted by atomic mass is 32.2. The van der Waals surface area contributed by atoms with Crippen LogP contribution in [0.15, 0.2) is 47.4 Å². The maximum Gasteiger partial charge on any atom is 0.343 e. The van der Waals surface area contributed by atoms with Gasteiger partial charge in [-0.25, -0.2) is 13.2 Å². The standard InChI is InChI=1S/C23H29NO5S/c1-15(2)22-11-8-20(12-16(22)3)29-23(25)19-6-9-21(10-7-19)30(26,27)24-13-17(4)28-18(5)14-24/h6-12,15,17-18H,13-14H2,1-5H3/t17-,18-/m1/s1. The summed E-state index contributed by atoms with van der Waals surface area (Å²) in [4.78, 5) is 12.6. The van der Waals surface area contributed by atoms with Gasteiger partial charge >= 0.3 is 5.97 Å². The Labute approximate surface area is 178 Å². The van der Waals surface area contributed by atoms with Gasteiger partial charge < -0.3 is 9.47 Å². The molecule has 2 atom stereocenters. The third-order valence-corrected chi connectivity index (χ3v) is 7.03. The van der Waals surface area contributed by atoms with Gasteiger partial charge in [0.2, 0.25) is 10.0 Å². The van der Waals surface area contributed by atoms with Crippen LogP contribution in [0.4, 0.5) is 0 Å². The topological polar surface area (TPSA) is 72.9 Å². The van der Waals surface area contributed by atoms with Crippen molar-refractivity contribution >= 4 is 16.0 Å². The summed E-state index contributed by atoms with van der Waals surface area (Å²) < 4.78 is 38.4. The molecule has 2 aromatic rings. The van der Waals surface area contributed by atoms with Gasteiger partial charge in [0.1, 0.15) is 5.75 Å². The van der Waals surface area contributed by atoms with E-state index in [1.165, 1.54) is 34.1 Å². The molecule has 1 saturated heterocycles. The number of rotatable bonds is 5. The number of benzene rings is 2. The summed E-state index contributed by atoms with van der Waals surface area (Å²) in [6.45, 7) is 10.5. The molecule has 1 fully saturated rings. The van der Waals surface area contributed by atoms with E-state index in [0.717, 1.165) is 5.56 Å². The summed E-state index contributed by atoms with van der Waals surface area (Å²) in [5.41, 5.74) is 2.56. The van der Waals surface area contributed by atoms with Crippen molar-refractivity contribution in [1.82, 2.24) is 4.31 Å². The Morgan fingerprint density at radius 1 is 1.07 bits per heavy atom. The molecule has 0 radical (unpaired) electrons. The van der Waals surface area contributed by atoms with Crippen molar-refractivity contribution < 1.29 is 22.7 Å². The van der Waals surface area contributed by atoms with Crippen LogP contribution in [0.2, 0.25) is 0 Å². The minimum Gasteiger partial charge on any atom is -0.423 e. The number of hydrogen-bond donors (Lipinski definition) is 0. The Balaban J connectivity index is 1.73. The monoisotopic (exact) mass is 431 g/mol. The van der Waals surface area contributed by atoms with Gasteiger partial charge in [0, 0.05) is 13.1 Å². The van der Waals surface area contributed by atoms with E-state index in [1.807, 2.05) is 32.9 Å². The lowest BCUT2D eigenvalue weighted by Gasteiger charge is -2.34. The molecule has 6 nitrogen and oxygen atoms in total. The number of sulfonamides is 1. The van der Waals surface area contributed by atoms with Crippen LogP contribution in [0.1, 0.15) is 55.1 Å². The van der Waals surface area contributed by atoms with Crippen LogP contribution in [0.5, 0.6) is 5.75 Å². The zero-order valence-electron chi connectivity index (χ0n) is 18.1. The molecule has 30 heavy (non-hydrogen) atoms. The number of aryl methyl sites for hydroxylation is 1. The Morgan fingerprint density at radius 3 is 2.20 bits per heavy atom. The molecule has 0 aliphatic carbocycles. The Morgan fingerprint density at radius 2 is 1.67 bits per heavy atom. The predicted molar refractivity (Wildman–Crippen MR) is 115 cm³/mol. The van der Waals surface area contributed by atoms with E-state index in [-0.39, 0.29) is 17.1 Å². The van der Waals surface area contributed by atoms with Gasteiger partial charge in [-0.1, -0.05) is 19.9 Å². The van der Waals surface area contributed by atoms with Crippen molar-refractivity contribution in [1.29, 1.82) is 0 Å². The molecule has 1 aliphatic rings. The lowest BCUT2D eigenvalue weighted by molar-refractivity contribution is -0.0440. The van der Waals surface area contributed by atoms with E-state index in [2.05, 4.69) is 13.8 Å². The molecule has 1 heterocycles. The number of ether oxygens (including phenoxy) is 2. The molecular formula is C23H29NO5S. The molecule has 0 N–H and O–H groups in total. The van der Waals surface area contributed by atoms with E-state index >= 15 is 0 Å². The second-order valence-electron chi connectivity index (χ2n) is 8.17. The zero-order valence-corrected chi connectivity index (χ0v) is 18.9. The summed E-state index contributed by atoms with van der Waals surface area (Å²) in [5.74, 6) is 0.334. The van der Waals surface area contributed by atoms with Crippen molar-refractivity contribution in [3.63, 3.8) is 0 Å². The van der Waals surface area contributed by atoms with E-state index in [9.17, 15) is 13.2 Å². The molecule has 0 bridgehead atoms. The number of esters is 1. The molecule has 0 aromatic heterocycles. The number of carbonyl (C=O) groups excluding carboxylic acids is 1. The maximum atomic E-state index is 12.9. The van der Waals surface area contributed by atoms with Crippen molar-refractivity contribution in [2.24, 2.45) is 0 Å². The Hall–Kier alpha value is -2.22. The zero-order chi connectivity index (χ0) is 22.1. The van der Waals surface area contributed by atoms with Crippen LogP contribution in [-0.2, 0) is 14.8 Å². The van der Waals surface area contributed by atoms with Gasteiger partial charge in [0.25, 0.3) is 0 Å². The summed E-state index contributed by atoms with van der Waals surface area (Å²) in [5, 5.41) is 0. The number of carbonyl (C=O) groups is 1. The lowest BCUT2D eigenvalue weighted by Crippen LogP contribution is -2.48. The fourth-order valence-electron chi connectivity index (χ4n) is 3.76. The number of morpholine rings is 1. The number of hydrogen-bond acceptors (Lipinski definition) is 5. The number of nitrogens with zero attached hydrogens (tertiary/aromatic N) is 1. The molecule has 7 heteroatoms. The molecule has 0 spiro atoms. The van der Waals surface area contributed by atoms with Gasteiger partial charge in [0.05, 0.1) is 22.7 Å². The molecule has 0 saturated carbocycles. The fraction of sp³-hybridized carbons (Fsp3) is 0.435. The third kappa shape index (κ3) is 4.91. The van der Waals surface area contributed by atoms with Gasteiger partial charge in [-0.3, -0.25) is 0 Å². The second kappa shape index (κ2) is 8.88. The van der Waals surface area contributed by atoms with Crippen molar-refractivity contribution in [3.8, 4) is 5.75 Å². The summed E-state index contributed by atoms with van der Waals surface area (Å²) >= 11 is 0. The fourth-order valence-corrected chi connectivity index (χ4v) is 5.35. The average molecular weight is 432 g/mol. The van der Waals surface area contributed by atoms with Crippen LogP contribution >= 0.6 is 0 Å². The van der Waals surface area contributed by atoms with E-state index in [0.29, 0.717) is 30.3 Å². The largest absolute Gasteiger partial charge is 0.423 e. The molecule has 1 aliphatic heterocycles. The third-order valence-electron chi connectivity index (χ3n) is 5.19. The van der Waals surface area contributed by atoms with Crippen molar-refractivity contribution in [3.05, 3.63) is 59.2 Å². The summed E-state index contributed by atoms with van der Waals surface area (Å²) in [7, 11) is -3.65. The van der Waals surface area contributed by atoms with Crippen LogP contribution < -0.4 is 4.74 Å². The van der Waals surface area contributed by atoms with Gasteiger partial charge in [-0.2, -0.15) is 4.31 Å².